The molecule has 1 aliphatic carbocycles. The van der Waals surface area contributed by atoms with Gasteiger partial charge in [-0.2, -0.15) is 13.2 Å². The van der Waals surface area contributed by atoms with Gasteiger partial charge in [0.15, 0.2) is 0 Å². The second-order valence-corrected chi connectivity index (χ2v) is 4.86. The van der Waals surface area contributed by atoms with Gasteiger partial charge in [-0.15, -0.1) is 0 Å². The first-order chi connectivity index (χ1) is 8.31. The van der Waals surface area contributed by atoms with Gasteiger partial charge in [0.1, 0.15) is 5.82 Å². The third-order valence-corrected chi connectivity index (χ3v) is 3.62. The predicted molar refractivity (Wildman–Crippen MR) is 58.1 cm³/mol. The van der Waals surface area contributed by atoms with Gasteiger partial charge in [0.05, 0.1) is 12.1 Å². The van der Waals surface area contributed by atoms with Crippen LogP contribution < -0.4 is 5.73 Å². The first-order valence-corrected chi connectivity index (χ1v) is 5.78. The minimum atomic E-state index is -4.17. The molecule has 1 heterocycles. The second kappa shape index (κ2) is 4.50. The summed E-state index contributed by atoms with van der Waals surface area (Å²) in [6.45, 7) is 0. The van der Waals surface area contributed by atoms with E-state index < -0.39 is 23.5 Å². The SMILES string of the molecule is NC1(c2cncc(F)c2)CCC(C(F)(F)F)CC1. The topological polar surface area (TPSA) is 38.9 Å². The molecule has 0 radical (unpaired) electrons. The summed E-state index contributed by atoms with van der Waals surface area (Å²) in [5, 5.41) is 0. The molecule has 0 saturated heterocycles. The molecule has 0 aliphatic heterocycles. The maximum atomic E-state index is 13.1. The Kier molecular flexibility index (Phi) is 3.31. The fourth-order valence-corrected chi connectivity index (χ4v) is 2.43. The highest BCUT2D eigenvalue weighted by molar-refractivity contribution is 5.21. The maximum absolute atomic E-state index is 13.1. The van der Waals surface area contributed by atoms with Crippen molar-refractivity contribution in [2.45, 2.75) is 37.4 Å². The Bertz CT molecular complexity index is 422. The highest BCUT2D eigenvalue weighted by Crippen LogP contribution is 2.43. The maximum Gasteiger partial charge on any atom is 0.391 e. The first-order valence-electron chi connectivity index (χ1n) is 5.78. The van der Waals surface area contributed by atoms with Gasteiger partial charge in [0.2, 0.25) is 0 Å². The van der Waals surface area contributed by atoms with Crippen molar-refractivity contribution in [2.24, 2.45) is 11.7 Å². The van der Waals surface area contributed by atoms with E-state index >= 15 is 0 Å². The average Bonchev–Trinajstić information content (AvgIpc) is 2.28. The molecule has 0 unspecified atom stereocenters. The molecule has 2 nitrogen and oxygen atoms in total. The van der Waals surface area contributed by atoms with E-state index in [1.54, 1.807) is 0 Å². The van der Waals surface area contributed by atoms with Gasteiger partial charge >= 0.3 is 6.18 Å². The zero-order valence-electron chi connectivity index (χ0n) is 9.67. The fraction of sp³-hybridized carbons (Fsp3) is 0.583. The molecule has 0 aromatic carbocycles. The molecule has 0 atom stereocenters. The third kappa shape index (κ3) is 2.63. The number of nitrogens with two attached hydrogens (primary N) is 1. The number of hydrogen-bond donors (Lipinski definition) is 1. The van der Waals surface area contributed by atoms with E-state index in [1.165, 1.54) is 12.3 Å². The fourth-order valence-electron chi connectivity index (χ4n) is 2.43. The highest BCUT2D eigenvalue weighted by atomic mass is 19.4. The third-order valence-electron chi connectivity index (χ3n) is 3.62. The lowest BCUT2D eigenvalue weighted by atomic mass is 9.73. The van der Waals surface area contributed by atoms with Gasteiger partial charge in [-0.25, -0.2) is 4.39 Å². The number of halogens is 4. The molecule has 6 heteroatoms. The van der Waals surface area contributed by atoms with Gasteiger partial charge < -0.3 is 5.73 Å². The van der Waals surface area contributed by atoms with Crippen LogP contribution in [0, 0.1) is 11.7 Å². The zero-order chi connectivity index (χ0) is 13.4. The van der Waals surface area contributed by atoms with Crippen LogP contribution in [0.1, 0.15) is 31.2 Å². The molecular weight excluding hydrogens is 248 g/mol. The van der Waals surface area contributed by atoms with Crippen molar-refractivity contribution in [3.63, 3.8) is 0 Å². The van der Waals surface area contributed by atoms with Crippen molar-refractivity contribution in [3.8, 4) is 0 Å². The highest BCUT2D eigenvalue weighted by Gasteiger charge is 2.45. The van der Waals surface area contributed by atoms with Crippen LogP contribution in [-0.2, 0) is 5.54 Å². The minimum absolute atomic E-state index is 0.0173. The van der Waals surface area contributed by atoms with Crippen molar-refractivity contribution in [2.75, 3.05) is 0 Å². The van der Waals surface area contributed by atoms with Crippen molar-refractivity contribution in [1.29, 1.82) is 0 Å². The predicted octanol–water partition coefficient (Wildman–Crippen LogP) is 3.13. The molecule has 0 bridgehead atoms. The monoisotopic (exact) mass is 262 g/mol. The van der Waals surface area contributed by atoms with E-state index in [0.717, 1.165) is 6.20 Å². The summed E-state index contributed by atoms with van der Waals surface area (Å²) in [6, 6.07) is 1.25. The summed E-state index contributed by atoms with van der Waals surface area (Å²) >= 11 is 0. The largest absolute Gasteiger partial charge is 0.391 e. The molecule has 1 fully saturated rings. The van der Waals surface area contributed by atoms with Crippen LogP contribution in [-0.4, -0.2) is 11.2 Å². The summed E-state index contributed by atoms with van der Waals surface area (Å²) in [7, 11) is 0. The van der Waals surface area contributed by atoms with Gasteiger partial charge in [-0.3, -0.25) is 4.98 Å². The van der Waals surface area contributed by atoms with Gasteiger partial charge in [-0.1, -0.05) is 0 Å². The van der Waals surface area contributed by atoms with Crippen molar-refractivity contribution in [3.05, 3.63) is 29.8 Å². The number of rotatable bonds is 1. The Morgan fingerprint density at radius 1 is 1.22 bits per heavy atom. The molecule has 2 N–H and O–H groups in total. The van der Waals surface area contributed by atoms with E-state index in [1.807, 2.05) is 0 Å². The summed E-state index contributed by atoms with van der Waals surface area (Å²) in [5.41, 5.74) is 5.66. The molecule has 18 heavy (non-hydrogen) atoms. The lowest BCUT2D eigenvalue weighted by Crippen LogP contribution is -2.43. The van der Waals surface area contributed by atoms with E-state index in [0.29, 0.717) is 5.56 Å². The van der Waals surface area contributed by atoms with Crippen LogP contribution in [0.15, 0.2) is 18.5 Å². The van der Waals surface area contributed by atoms with E-state index in [-0.39, 0.29) is 25.7 Å². The van der Waals surface area contributed by atoms with Crippen LogP contribution in [0.4, 0.5) is 17.6 Å². The molecule has 0 amide bonds. The quantitative estimate of drug-likeness (QED) is 0.790. The Hall–Kier alpha value is -1.17. The molecule has 1 saturated carbocycles. The lowest BCUT2D eigenvalue weighted by Gasteiger charge is -2.37. The Morgan fingerprint density at radius 2 is 1.83 bits per heavy atom. The molecule has 1 aromatic heterocycles. The number of hydrogen-bond acceptors (Lipinski definition) is 2. The van der Waals surface area contributed by atoms with Crippen molar-refractivity contribution in [1.82, 2.24) is 4.98 Å². The summed E-state index contributed by atoms with van der Waals surface area (Å²) < 4.78 is 50.7. The van der Waals surface area contributed by atoms with E-state index in [4.69, 9.17) is 5.73 Å². The van der Waals surface area contributed by atoms with Gasteiger partial charge in [0, 0.05) is 11.7 Å². The van der Waals surface area contributed by atoms with E-state index in [9.17, 15) is 17.6 Å². The number of nitrogens with zero attached hydrogens (tertiary/aromatic N) is 1. The average molecular weight is 262 g/mol. The summed E-state index contributed by atoms with van der Waals surface area (Å²) in [6.07, 6.45) is -1.33. The summed E-state index contributed by atoms with van der Waals surface area (Å²) in [5.74, 6) is -1.81. The van der Waals surface area contributed by atoms with Crippen LogP contribution in [0.2, 0.25) is 0 Å². The van der Waals surface area contributed by atoms with Crippen LogP contribution in [0.5, 0.6) is 0 Å². The van der Waals surface area contributed by atoms with Crippen molar-refractivity contribution >= 4 is 0 Å². The number of alkyl halides is 3. The van der Waals surface area contributed by atoms with Crippen molar-refractivity contribution < 1.29 is 17.6 Å². The molecule has 0 spiro atoms. The lowest BCUT2D eigenvalue weighted by molar-refractivity contribution is -0.184. The molecule has 1 aromatic rings. The summed E-state index contributed by atoms with van der Waals surface area (Å²) in [4.78, 5) is 3.70. The second-order valence-electron chi connectivity index (χ2n) is 4.86. The van der Waals surface area contributed by atoms with Crippen LogP contribution in [0.25, 0.3) is 0 Å². The molecular formula is C12H14F4N2. The molecule has 100 valence electrons. The Labute approximate surface area is 102 Å². The first kappa shape index (κ1) is 13.3. The van der Waals surface area contributed by atoms with Gasteiger partial charge in [-0.05, 0) is 37.3 Å². The zero-order valence-corrected chi connectivity index (χ0v) is 9.67. The normalized spacial score (nSPS) is 29.3. The Balaban J connectivity index is 2.12. The molecule has 1 aliphatic rings. The number of aromatic nitrogens is 1. The minimum Gasteiger partial charge on any atom is -0.321 e. The van der Waals surface area contributed by atoms with Crippen LogP contribution >= 0.6 is 0 Å². The standard InChI is InChI=1S/C12H14F4N2/c13-10-5-9(6-18-7-10)11(17)3-1-8(2-4-11)12(14,15)16/h5-8H,1-4,17H2. The Morgan fingerprint density at radius 3 is 2.33 bits per heavy atom. The smallest absolute Gasteiger partial charge is 0.321 e. The van der Waals surface area contributed by atoms with Gasteiger partial charge in [0.25, 0.3) is 0 Å². The van der Waals surface area contributed by atoms with Crippen LogP contribution in [0.3, 0.4) is 0 Å². The van der Waals surface area contributed by atoms with E-state index in [2.05, 4.69) is 4.98 Å². The molecule has 2 rings (SSSR count). The number of pyridine rings is 1.